The zero-order valence-electron chi connectivity index (χ0n) is 26.4. The lowest BCUT2D eigenvalue weighted by atomic mass is 10.3. The van der Waals surface area contributed by atoms with Gasteiger partial charge in [0.1, 0.15) is 6.33 Å². The van der Waals surface area contributed by atoms with Crippen molar-refractivity contribution in [2.75, 3.05) is 21.3 Å². The highest BCUT2D eigenvalue weighted by Gasteiger charge is 2.29. The SMILES string of the molecule is C#CCCCn1c(Sc2cc(OC)c(OC)c(OC)c2)nc2c(N=P(c3ccccc3)(c3ccccc3)c3ccccc3)ncnc21. The predicted molar refractivity (Wildman–Crippen MR) is 191 cm³/mol. The van der Waals surface area contributed by atoms with Crippen LogP contribution >= 0.6 is 18.8 Å². The van der Waals surface area contributed by atoms with Crippen molar-refractivity contribution in [1.29, 1.82) is 0 Å². The summed E-state index contributed by atoms with van der Waals surface area (Å²) in [7, 11) is 2.19. The van der Waals surface area contributed by atoms with Crippen LogP contribution in [0.5, 0.6) is 17.2 Å². The van der Waals surface area contributed by atoms with Gasteiger partial charge in [-0.2, -0.15) is 0 Å². The fourth-order valence-corrected chi connectivity index (χ4v) is 9.96. The van der Waals surface area contributed by atoms with E-state index in [9.17, 15) is 0 Å². The van der Waals surface area contributed by atoms with E-state index in [-0.39, 0.29) is 0 Å². The lowest BCUT2D eigenvalue weighted by Gasteiger charge is -2.26. The maximum absolute atomic E-state index is 5.65. The number of benzene rings is 4. The average molecular weight is 660 g/mol. The quantitative estimate of drug-likeness (QED) is 0.0779. The minimum Gasteiger partial charge on any atom is -0.493 e. The van der Waals surface area contributed by atoms with Crippen molar-refractivity contribution in [3.63, 3.8) is 0 Å². The molecule has 0 fully saturated rings. The van der Waals surface area contributed by atoms with Gasteiger partial charge in [-0.15, -0.1) is 12.3 Å². The highest BCUT2D eigenvalue weighted by atomic mass is 32.2. The number of unbranched alkanes of at least 4 members (excludes halogenated alkanes) is 1. The number of hydrogen-bond donors (Lipinski definition) is 0. The largest absolute Gasteiger partial charge is 0.493 e. The molecule has 0 aliphatic rings. The Hall–Kier alpha value is -5.03. The maximum atomic E-state index is 5.65. The Labute approximate surface area is 279 Å². The third kappa shape index (κ3) is 6.35. The van der Waals surface area contributed by atoms with Gasteiger partial charge in [0.2, 0.25) is 5.75 Å². The molecule has 0 radical (unpaired) electrons. The Bertz CT molecular complexity index is 1950. The van der Waals surface area contributed by atoms with Crippen molar-refractivity contribution in [2.45, 2.75) is 29.4 Å². The smallest absolute Gasteiger partial charge is 0.203 e. The number of fused-ring (bicyclic) bond motifs is 1. The van der Waals surface area contributed by atoms with Crippen molar-refractivity contribution >= 4 is 51.7 Å². The van der Waals surface area contributed by atoms with E-state index >= 15 is 0 Å². The van der Waals surface area contributed by atoms with Gasteiger partial charge >= 0.3 is 0 Å². The second-order valence-electron chi connectivity index (χ2n) is 10.4. The number of imidazole rings is 1. The number of nitrogens with zero attached hydrogens (tertiary/aromatic N) is 5. The standard InChI is InChI=1S/C37H34N5O3PS/c1-5-6-16-23-42-36-33(40-37(42)47-30-24-31(43-2)34(45-4)32(25-30)44-3)35(38-26-39-36)41-46(27-17-10-7-11-18-27,28-19-12-8-13-20-28)29-21-14-9-15-22-29/h1,7-15,17-22,24-26H,6,16,23H2,2-4H3. The Morgan fingerprint density at radius 2 is 1.34 bits per heavy atom. The van der Waals surface area contributed by atoms with Crippen LogP contribution < -0.4 is 30.1 Å². The maximum Gasteiger partial charge on any atom is 0.203 e. The third-order valence-corrected chi connectivity index (χ3v) is 12.3. The van der Waals surface area contributed by atoms with Crippen molar-refractivity contribution in [3.8, 4) is 29.6 Å². The van der Waals surface area contributed by atoms with Gasteiger partial charge in [-0.1, -0.05) is 103 Å². The summed E-state index contributed by atoms with van der Waals surface area (Å²) in [6.07, 6.45) is 8.60. The summed E-state index contributed by atoms with van der Waals surface area (Å²) >= 11 is 1.48. The second-order valence-corrected chi connectivity index (χ2v) is 14.5. The van der Waals surface area contributed by atoms with E-state index in [1.165, 1.54) is 11.8 Å². The molecule has 0 atom stereocenters. The van der Waals surface area contributed by atoms with Crippen LogP contribution in [0.2, 0.25) is 0 Å². The molecule has 0 unspecified atom stereocenters. The molecule has 4 aromatic carbocycles. The highest BCUT2D eigenvalue weighted by Crippen LogP contribution is 2.50. The van der Waals surface area contributed by atoms with Gasteiger partial charge in [0, 0.05) is 33.8 Å². The van der Waals surface area contributed by atoms with Crippen molar-refractivity contribution in [1.82, 2.24) is 19.5 Å². The summed E-state index contributed by atoms with van der Waals surface area (Å²) < 4.78 is 24.5. The van der Waals surface area contributed by atoms with E-state index in [0.717, 1.165) is 32.4 Å². The van der Waals surface area contributed by atoms with Gasteiger partial charge in [-0.25, -0.2) is 19.7 Å². The van der Waals surface area contributed by atoms with Crippen LogP contribution in [0.25, 0.3) is 11.2 Å². The first kappa shape index (κ1) is 31.9. The van der Waals surface area contributed by atoms with Crippen LogP contribution in [0.1, 0.15) is 12.8 Å². The van der Waals surface area contributed by atoms with E-state index in [1.807, 2.05) is 30.3 Å². The first-order chi connectivity index (χ1) is 23.1. The number of aromatic nitrogens is 4. The Morgan fingerprint density at radius 3 is 1.83 bits per heavy atom. The summed E-state index contributed by atoms with van der Waals surface area (Å²) in [6, 6.07) is 35.2. The fraction of sp³-hybridized carbons (Fsp3) is 0.162. The minimum atomic E-state index is -2.60. The minimum absolute atomic E-state index is 0.525. The van der Waals surface area contributed by atoms with E-state index in [0.29, 0.717) is 47.2 Å². The van der Waals surface area contributed by atoms with Crippen molar-refractivity contribution in [3.05, 3.63) is 109 Å². The molecule has 0 saturated carbocycles. The molecule has 0 amide bonds. The molecule has 0 aliphatic heterocycles. The predicted octanol–water partition coefficient (Wildman–Crippen LogP) is 7.23. The molecule has 2 heterocycles. The summed E-state index contributed by atoms with van der Waals surface area (Å²) in [5, 5.41) is 4.07. The van der Waals surface area contributed by atoms with Crippen LogP contribution in [-0.4, -0.2) is 40.8 Å². The molecular formula is C37H34N5O3PS. The average Bonchev–Trinajstić information content (AvgIpc) is 3.48. The van der Waals surface area contributed by atoms with Gasteiger partial charge in [0.25, 0.3) is 0 Å². The molecule has 0 bridgehead atoms. The summed E-state index contributed by atoms with van der Waals surface area (Å²) in [6.45, 7) is 0.625. The molecule has 8 nitrogen and oxygen atoms in total. The van der Waals surface area contributed by atoms with Gasteiger partial charge in [0.15, 0.2) is 33.6 Å². The van der Waals surface area contributed by atoms with Crippen molar-refractivity contribution < 1.29 is 14.2 Å². The van der Waals surface area contributed by atoms with Gasteiger partial charge in [0.05, 0.1) is 28.4 Å². The monoisotopic (exact) mass is 659 g/mol. The zero-order chi connectivity index (χ0) is 32.6. The molecule has 0 spiro atoms. The topological polar surface area (TPSA) is 83.7 Å². The second kappa shape index (κ2) is 14.6. The van der Waals surface area contributed by atoms with Gasteiger partial charge < -0.3 is 18.8 Å². The number of rotatable bonds is 12. The number of methoxy groups -OCH3 is 3. The molecular weight excluding hydrogens is 625 g/mol. The van der Waals surface area contributed by atoms with Gasteiger partial charge in [-0.05, 0) is 18.6 Å². The number of terminal acetylenes is 1. The Kier molecular flexibility index (Phi) is 9.92. The van der Waals surface area contributed by atoms with Crippen LogP contribution in [0, 0.1) is 12.3 Å². The van der Waals surface area contributed by atoms with Crippen LogP contribution in [0.4, 0.5) is 5.82 Å². The molecule has 0 N–H and O–H groups in total. The summed E-state index contributed by atoms with van der Waals surface area (Å²) in [5.74, 6) is 4.92. The van der Waals surface area contributed by atoms with E-state index in [2.05, 4.69) is 83.3 Å². The first-order valence-electron chi connectivity index (χ1n) is 15.0. The lowest BCUT2D eigenvalue weighted by Crippen LogP contribution is -2.25. The van der Waals surface area contributed by atoms with Gasteiger partial charge in [-0.3, -0.25) is 0 Å². The van der Waals surface area contributed by atoms with E-state index in [4.69, 9.17) is 40.3 Å². The van der Waals surface area contributed by atoms with E-state index < -0.39 is 7.05 Å². The van der Waals surface area contributed by atoms with Crippen LogP contribution in [0.3, 0.4) is 0 Å². The van der Waals surface area contributed by atoms with Crippen LogP contribution in [0.15, 0.2) is 124 Å². The number of hydrogen-bond acceptors (Lipinski definition) is 8. The molecule has 0 saturated heterocycles. The summed E-state index contributed by atoms with van der Waals surface area (Å²) in [4.78, 5) is 15.5. The lowest BCUT2D eigenvalue weighted by molar-refractivity contribution is 0.323. The third-order valence-electron chi connectivity index (χ3n) is 7.66. The number of aryl methyl sites for hydroxylation is 1. The molecule has 236 valence electrons. The first-order valence-corrected chi connectivity index (χ1v) is 17.6. The zero-order valence-corrected chi connectivity index (χ0v) is 28.1. The molecule has 6 aromatic rings. The normalized spacial score (nSPS) is 11.2. The fourth-order valence-electron chi connectivity index (χ4n) is 5.51. The van der Waals surface area contributed by atoms with Crippen molar-refractivity contribution in [2.24, 2.45) is 4.74 Å². The van der Waals surface area contributed by atoms with E-state index in [1.54, 1.807) is 27.7 Å². The number of ether oxygens (including phenoxy) is 3. The Balaban J connectivity index is 1.61. The molecule has 6 rings (SSSR count). The molecule has 47 heavy (non-hydrogen) atoms. The molecule has 0 aliphatic carbocycles. The highest BCUT2D eigenvalue weighted by molar-refractivity contribution is 7.99. The Morgan fingerprint density at radius 1 is 0.787 bits per heavy atom. The molecule has 2 aromatic heterocycles. The summed E-state index contributed by atoms with van der Waals surface area (Å²) in [5.41, 5.74) is 1.31. The van der Waals surface area contributed by atoms with Crippen LogP contribution in [-0.2, 0) is 6.54 Å². The molecule has 10 heteroatoms.